The number of hydrogen-bond donors (Lipinski definition) is 2. The molecule has 0 amide bonds. The first-order chi connectivity index (χ1) is 7.91. The molecule has 0 spiro atoms. The molecule has 1 unspecified atom stereocenters. The number of anilines is 1. The van der Waals surface area contributed by atoms with E-state index in [1.54, 1.807) is 5.38 Å². The fourth-order valence-corrected chi connectivity index (χ4v) is 2.02. The maximum atomic E-state index is 10.7. The van der Waals surface area contributed by atoms with E-state index < -0.39 is 12.0 Å². The van der Waals surface area contributed by atoms with Gasteiger partial charge in [0.05, 0.1) is 5.69 Å². The third-order valence-electron chi connectivity index (χ3n) is 2.30. The zero-order chi connectivity index (χ0) is 13.0. The second-order valence-electron chi connectivity index (χ2n) is 4.10. The van der Waals surface area contributed by atoms with Gasteiger partial charge in [0.1, 0.15) is 6.04 Å². The first kappa shape index (κ1) is 13.9. The minimum atomic E-state index is -1.06. The van der Waals surface area contributed by atoms with Crippen LogP contribution < -0.4 is 10.6 Å². The van der Waals surface area contributed by atoms with Crippen LogP contribution in [0.25, 0.3) is 0 Å². The summed E-state index contributed by atoms with van der Waals surface area (Å²) in [5.41, 5.74) is 5.90. The van der Waals surface area contributed by atoms with E-state index in [1.807, 2.05) is 26.0 Å². The molecule has 0 aliphatic rings. The van der Waals surface area contributed by atoms with Crippen LogP contribution in [0.1, 0.15) is 11.7 Å². The lowest BCUT2D eigenvalue weighted by atomic mass is 10.2. The first-order valence-corrected chi connectivity index (χ1v) is 6.09. The normalized spacial score (nSPS) is 12.8. The Labute approximate surface area is 105 Å². The van der Waals surface area contributed by atoms with Crippen molar-refractivity contribution >= 4 is 22.4 Å². The van der Waals surface area contributed by atoms with E-state index in [9.17, 15) is 4.79 Å². The van der Waals surface area contributed by atoms with E-state index in [4.69, 9.17) is 10.8 Å². The third-order valence-corrected chi connectivity index (χ3v) is 3.28. The Hall–Kier alpha value is -1.18. The predicted octanol–water partition coefficient (Wildman–Crippen LogP) is 0.225. The van der Waals surface area contributed by atoms with E-state index in [1.165, 1.54) is 11.3 Å². The van der Waals surface area contributed by atoms with Crippen LogP contribution in [-0.2, 0) is 4.79 Å². The zero-order valence-corrected chi connectivity index (χ0v) is 11.1. The molecule has 1 atom stereocenters. The van der Waals surface area contributed by atoms with Crippen LogP contribution in [-0.4, -0.2) is 55.2 Å². The fourth-order valence-electron chi connectivity index (χ4n) is 1.17. The Balaban J connectivity index is 2.64. The van der Waals surface area contributed by atoms with Crippen LogP contribution in [0.5, 0.6) is 0 Å². The molecule has 0 bridgehead atoms. The number of hydrogen-bond acceptors (Lipinski definition) is 6. The number of aromatic nitrogens is 1. The highest BCUT2D eigenvalue weighted by Gasteiger charge is 2.18. The van der Waals surface area contributed by atoms with Gasteiger partial charge in [0, 0.05) is 25.5 Å². The summed E-state index contributed by atoms with van der Waals surface area (Å²) in [6, 6.07) is -1.04. The lowest BCUT2D eigenvalue weighted by Crippen LogP contribution is -2.28. The summed E-state index contributed by atoms with van der Waals surface area (Å²) in [7, 11) is 5.93. The molecule has 3 N–H and O–H groups in total. The van der Waals surface area contributed by atoms with Crippen molar-refractivity contribution in [2.24, 2.45) is 5.73 Å². The molecule has 0 saturated carbocycles. The largest absolute Gasteiger partial charge is 0.480 e. The highest BCUT2D eigenvalue weighted by atomic mass is 32.1. The Morgan fingerprint density at radius 3 is 2.71 bits per heavy atom. The van der Waals surface area contributed by atoms with Crippen molar-refractivity contribution in [3.05, 3.63) is 11.1 Å². The molecular weight excluding hydrogens is 240 g/mol. The minimum absolute atomic E-state index is 0.411. The number of aliphatic carboxylic acids is 1. The van der Waals surface area contributed by atoms with E-state index in [0.29, 0.717) is 5.69 Å². The predicted molar refractivity (Wildman–Crippen MR) is 68.5 cm³/mol. The third kappa shape index (κ3) is 3.95. The van der Waals surface area contributed by atoms with Crippen molar-refractivity contribution in [1.82, 2.24) is 9.88 Å². The van der Waals surface area contributed by atoms with Gasteiger partial charge in [-0.05, 0) is 14.1 Å². The zero-order valence-electron chi connectivity index (χ0n) is 10.3. The smallest absolute Gasteiger partial charge is 0.326 e. The minimum Gasteiger partial charge on any atom is -0.480 e. The summed E-state index contributed by atoms with van der Waals surface area (Å²) in [4.78, 5) is 19.0. The van der Waals surface area contributed by atoms with Gasteiger partial charge in [-0.3, -0.25) is 4.79 Å². The molecule has 0 aromatic carbocycles. The number of nitrogens with zero attached hydrogens (tertiary/aromatic N) is 3. The summed E-state index contributed by atoms with van der Waals surface area (Å²) in [5.74, 6) is -1.06. The highest BCUT2D eigenvalue weighted by molar-refractivity contribution is 7.13. The molecule has 0 aliphatic carbocycles. The molecule has 1 heterocycles. The number of nitrogens with two attached hydrogens (primary N) is 1. The van der Waals surface area contributed by atoms with Gasteiger partial charge < -0.3 is 20.6 Å². The summed E-state index contributed by atoms with van der Waals surface area (Å²) >= 11 is 1.41. The van der Waals surface area contributed by atoms with Crippen LogP contribution >= 0.6 is 11.3 Å². The average Bonchev–Trinajstić information content (AvgIpc) is 2.73. The van der Waals surface area contributed by atoms with Crippen molar-refractivity contribution < 1.29 is 9.90 Å². The maximum absolute atomic E-state index is 10.7. The van der Waals surface area contributed by atoms with Crippen molar-refractivity contribution in [3.63, 3.8) is 0 Å². The van der Waals surface area contributed by atoms with Crippen LogP contribution in [0, 0.1) is 0 Å². The molecule has 17 heavy (non-hydrogen) atoms. The monoisotopic (exact) mass is 258 g/mol. The molecule has 1 aromatic heterocycles. The number of rotatable bonds is 6. The molecule has 0 aliphatic heterocycles. The molecular formula is C10H18N4O2S. The Morgan fingerprint density at radius 1 is 1.53 bits per heavy atom. The number of likely N-dealkylation sites (N-methyl/N-ethyl adjacent to an activating group) is 2. The first-order valence-electron chi connectivity index (χ1n) is 5.21. The summed E-state index contributed by atoms with van der Waals surface area (Å²) in [6.07, 6.45) is 0. The van der Waals surface area contributed by atoms with Crippen molar-refractivity contribution in [2.75, 3.05) is 39.1 Å². The molecule has 0 radical (unpaired) electrons. The molecule has 0 fully saturated rings. The molecule has 7 heteroatoms. The molecule has 96 valence electrons. The van der Waals surface area contributed by atoms with Crippen LogP contribution in [0.15, 0.2) is 5.38 Å². The van der Waals surface area contributed by atoms with Gasteiger partial charge in [0.25, 0.3) is 0 Å². The Bertz CT molecular complexity index is 380. The van der Waals surface area contributed by atoms with Crippen LogP contribution in [0.2, 0.25) is 0 Å². The number of carboxylic acid groups (broad SMARTS) is 1. The Morgan fingerprint density at radius 2 is 2.18 bits per heavy atom. The molecule has 6 nitrogen and oxygen atoms in total. The van der Waals surface area contributed by atoms with Crippen LogP contribution in [0.4, 0.5) is 5.13 Å². The summed E-state index contributed by atoms with van der Waals surface area (Å²) in [5, 5.41) is 11.3. The van der Waals surface area contributed by atoms with Gasteiger partial charge in [0.15, 0.2) is 5.13 Å². The molecule has 1 rings (SSSR count). The summed E-state index contributed by atoms with van der Waals surface area (Å²) in [6.45, 7) is 1.75. The number of thiazole rings is 1. The lowest BCUT2D eigenvalue weighted by molar-refractivity contribution is -0.138. The van der Waals surface area contributed by atoms with Gasteiger partial charge in [0.2, 0.25) is 0 Å². The summed E-state index contributed by atoms with van der Waals surface area (Å²) < 4.78 is 0. The average molecular weight is 258 g/mol. The van der Waals surface area contributed by atoms with Gasteiger partial charge in [-0.25, -0.2) is 4.98 Å². The highest BCUT2D eigenvalue weighted by Crippen LogP contribution is 2.22. The standard InChI is InChI=1S/C10H18N4O2S/c1-13(2)4-5-14(3)10-12-7(6-17-10)8(11)9(15)16/h6,8H,4-5,11H2,1-3H3,(H,15,16). The topological polar surface area (TPSA) is 82.7 Å². The Kier molecular flexibility index (Phi) is 4.86. The number of carboxylic acids is 1. The van der Waals surface area contributed by atoms with E-state index >= 15 is 0 Å². The number of carbonyl (C=O) groups is 1. The van der Waals surface area contributed by atoms with Gasteiger partial charge in [-0.1, -0.05) is 0 Å². The molecule has 0 saturated heterocycles. The van der Waals surface area contributed by atoms with Crippen molar-refractivity contribution in [1.29, 1.82) is 0 Å². The lowest BCUT2D eigenvalue weighted by Gasteiger charge is -2.18. The van der Waals surface area contributed by atoms with E-state index in [-0.39, 0.29) is 0 Å². The maximum Gasteiger partial charge on any atom is 0.326 e. The fraction of sp³-hybridized carbons (Fsp3) is 0.600. The van der Waals surface area contributed by atoms with Gasteiger partial charge >= 0.3 is 5.97 Å². The SMILES string of the molecule is CN(C)CCN(C)c1nc(C(N)C(=O)O)cs1. The van der Waals surface area contributed by atoms with Crippen molar-refractivity contribution in [2.45, 2.75) is 6.04 Å². The second kappa shape index (κ2) is 5.95. The van der Waals surface area contributed by atoms with Gasteiger partial charge in [-0.15, -0.1) is 11.3 Å². The molecule has 1 aromatic rings. The van der Waals surface area contributed by atoms with E-state index in [0.717, 1.165) is 18.2 Å². The van der Waals surface area contributed by atoms with E-state index in [2.05, 4.69) is 9.88 Å². The van der Waals surface area contributed by atoms with Crippen LogP contribution in [0.3, 0.4) is 0 Å². The quantitative estimate of drug-likeness (QED) is 0.760. The second-order valence-corrected chi connectivity index (χ2v) is 4.93. The van der Waals surface area contributed by atoms with Crippen molar-refractivity contribution in [3.8, 4) is 0 Å². The van der Waals surface area contributed by atoms with Gasteiger partial charge in [-0.2, -0.15) is 0 Å².